The van der Waals surface area contributed by atoms with E-state index in [9.17, 15) is 19.5 Å². The van der Waals surface area contributed by atoms with Crippen LogP contribution < -0.4 is 10.6 Å². The number of para-hydroxylation sites is 1. The Morgan fingerprint density at radius 1 is 1.05 bits per heavy atom. The summed E-state index contributed by atoms with van der Waals surface area (Å²) in [7, 11) is 8.09. The number of benzene rings is 1. The van der Waals surface area contributed by atoms with Gasteiger partial charge in [-0.1, -0.05) is 32.0 Å². The summed E-state index contributed by atoms with van der Waals surface area (Å²) in [4.78, 5) is 52.1. The number of ether oxygens (including phenoxy) is 2. The molecule has 3 saturated heterocycles. The zero-order valence-electron chi connectivity index (χ0n) is 36.1. The normalized spacial score (nSPS) is 31.8. The molecule has 5 rings (SSSR count). The second kappa shape index (κ2) is 20.8. The van der Waals surface area contributed by atoms with E-state index in [1.807, 2.05) is 44.3 Å². The van der Waals surface area contributed by atoms with E-state index < -0.39 is 11.6 Å². The van der Waals surface area contributed by atoms with Crippen LogP contribution in [0.25, 0.3) is 10.9 Å². The number of aliphatic hydroxyl groups is 1. The van der Waals surface area contributed by atoms with Crippen molar-refractivity contribution in [3.8, 4) is 0 Å². The summed E-state index contributed by atoms with van der Waals surface area (Å²) >= 11 is 0. The third-order valence-corrected chi connectivity index (χ3v) is 13.0. The van der Waals surface area contributed by atoms with Crippen molar-refractivity contribution >= 4 is 28.6 Å². The predicted octanol–water partition coefficient (Wildman–Crippen LogP) is 3.50. The van der Waals surface area contributed by atoms with Gasteiger partial charge in [0.25, 0.3) is 0 Å². The number of hydrogen-bond donors (Lipinski definition) is 4. The minimum absolute atomic E-state index is 0.0292. The Morgan fingerprint density at radius 3 is 2.53 bits per heavy atom. The van der Waals surface area contributed by atoms with Crippen molar-refractivity contribution in [1.29, 1.82) is 0 Å². The maximum Gasteiger partial charge on any atom is 0.245 e. The van der Waals surface area contributed by atoms with Crippen LogP contribution in [0.1, 0.15) is 78.2 Å². The minimum Gasteiger partial charge on any atom is -0.390 e. The largest absolute Gasteiger partial charge is 0.390 e. The zero-order chi connectivity index (χ0) is 41.3. The summed E-state index contributed by atoms with van der Waals surface area (Å²) in [6, 6.07) is 7.48. The second-order valence-corrected chi connectivity index (χ2v) is 18.0. The lowest BCUT2D eigenvalue weighted by atomic mass is 9.71. The van der Waals surface area contributed by atoms with E-state index in [4.69, 9.17) is 9.47 Å². The van der Waals surface area contributed by atoms with Crippen LogP contribution in [-0.4, -0.2) is 164 Å². The molecule has 13 heteroatoms. The quantitative estimate of drug-likeness (QED) is 0.224. The van der Waals surface area contributed by atoms with E-state index in [1.165, 1.54) is 0 Å². The van der Waals surface area contributed by atoms with Gasteiger partial charge in [-0.15, -0.1) is 0 Å². The summed E-state index contributed by atoms with van der Waals surface area (Å²) in [6.07, 6.45) is 6.78. The van der Waals surface area contributed by atoms with Crippen LogP contribution in [0.2, 0.25) is 0 Å². The summed E-state index contributed by atoms with van der Waals surface area (Å²) in [5.41, 5.74) is 0.977. The van der Waals surface area contributed by atoms with E-state index in [2.05, 4.69) is 65.3 Å². The van der Waals surface area contributed by atoms with Crippen LogP contribution in [0.4, 0.5) is 0 Å². The van der Waals surface area contributed by atoms with Crippen molar-refractivity contribution in [3.05, 3.63) is 36.0 Å². The molecule has 2 aromatic rings. The summed E-state index contributed by atoms with van der Waals surface area (Å²) < 4.78 is 13.3. The first-order valence-electron chi connectivity index (χ1n) is 21.6. The number of carbonyl (C=O) groups excluding carboxylic acids is 3. The molecule has 4 N–H and O–H groups in total. The van der Waals surface area contributed by atoms with Crippen molar-refractivity contribution < 1.29 is 29.0 Å². The highest BCUT2D eigenvalue weighted by Crippen LogP contribution is 2.39. The monoisotopic (exact) mass is 796 g/mol. The molecular formula is C44H73N7O6. The van der Waals surface area contributed by atoms with E-state index >= 15 is 0 Å². The van der Waals surface area contributed by atoms with Crippen LogP contribution in [-0.2, 0) is 30.3 Å². The van der Waals surface area contributed by atoms with Gasteiger partial charge in [0.1, 0.15) is 6.04 Å². The molecule has 13 nitrogen and oxygen atoms in total. The Morgan fingerprint density at radius 2 is 1.79 bits per heavy atom. The van der Waals surface area contributed by atoms with Gasteiger partial charge in [-0.2, -0.15) is 0 Å². The van der Waals surface area contributed by atoms with Crippen LogP contribution in [0.3, 0.4) is 0 Å². The highest BCUT2D eigenvalue weighted by molar-refractivity contribution is 5.90. The first-order chi connectivity index (χ1) is 27.1. The number of rotatable bonds is 13. The van der Waals surface area contributed by atoms with Crippen molar-refractivity contribution in [3.63, 3.8) is 0 Å². The smallest absolute Gasteiger partial charge is 0.245 e. The lowest BCUT2D eigenvalue weighted by molar-refractivity contribution is -0.169. The standard InChI is InChI=1S/C44H73N7O6/c1-30-25-31(2)42(53)47-37(27-33-28-46-36-14-10-9-13-34(33)36)43(54)50(8)19-11-17-44(4,55)35(30)15-16-39-41(38(48(5)6)26-32(3)57-39)56-24-12-18-45-40(52)29-51-22-20-49(7)21-23-51/h9-10,13-14,28,30-32,35,37-39,41,46,55H,11-12,15-27,29H2,1-8H3,(H,45,52)(H,47,53)/t30-,31+,32+,35?,37-,38-,39-,41+,44+/m0/s1. The summed E-state index contributed by atoms with van der Waals surface area (Å²) in [6.45, 7) is 13.9. The molecule has 3 fully saturated rings. The van der Waals surface area contributed by atoms with E-state index in [-0.39, 0.29) is 59.8 Å². The molecule has 0 aliphatic carbocycles. The topological polar surface area (TPSA) is 143 Å². The molecule has 1 aromatic carbocycles. The van der Waals surface area contributed by atoms with Gasteiger partial charge < -0.3 is 44.9 Å². The predicted molar refractivity (Wildman–Crippen MR) is 225 cm³/mol. The number of hydrogen-bond acceptors (Lipinski definition) is 9. The zero-order valence-corrected chi connectivity index (χ0v) is 36.1. The molecule has 9 atom stereocenters. The molecule has 0 spiro atoms. The molecule has 0 bridgehead atoms. The maximum absolute atomic E-state index is 13.9. The van der Waals surface area contributed by atoms with Crippen LogP contribution in [0.15, 0.2) is 30.5 Å². The third-order valence-electron chi connectivity index (χ3n) is 13.0. The number of likely N-dealkylation sites (N-methyl/N-ethyl adjacent to an activating group) is 3. The van der Waals surface area contributed by atoms with Gasteiger partial charge >= 0.3 is 0 Å². The Balaban J connectivity index is 1.22. The average Bonchev–Trinajstić information content (AvgIpc) is 3.57. The molecule has 3 aliphatic heterocycles. The molecule has 4 heterocycles. The number of carbonyl (C=O) groups is 3. The van der Waals surface area contributed by atoms with Gasteiger partial charge in [0.2, 0.25) is 17.7 Å². The van der Waals surface area contributed by atoms with Crippen molar-refractivity contribution in [2.45, 2.75) is 115 Å². The molecule has 3 aliphatic rings. The fourth-order valence-corrected chi connectivity index (χ4v) is 9.54. The second-order valence-electron chi connectivity index (χ2n) is 18.0. The number of aromatic nitrogens is 1. The summed E-state index contributed by atoms with van der Waals surface area (Å²) in [5, 5.41) is 19.5. The molecule has 320 valence electrons. The Hall–Kier alpha value is -3.07. The average molecular weight is 796 g/mol. The van der Waals surface area contributed by atoms with E-state index in [1.54, 1.807) is 11.9 Å². The van der Waals surface area contributed by atoms with Crippen molar-refractivity contribution in [2.24, 2.45) is 17.8 Å². The van der Waals surface area contributed by atoms with Gasteiger partial charge in [0, 0.05) is 88.4 Å². The number of fused-ring (bicyclic) bond motifs is 1. The lowest BCUT2D eigenvalue weighted by Gasteiger charge is -2.45. The first-order valence-corrected chi connectivity index (χ1v) is 21.6. The molecule has 0 saturated carbocycles. The third kappa shape index (κ3) is 12.5. The summed E-state index contributed by atoms with van der Waals surface area (Å²) in [5.74, 6) is -0.643. The number of H-pyrrole nitrogens is 1. The number of amides is 3. The highest BCUT2D eigenvalue weighted by Gasteiger charge is 2.42. The molecule has 57 heavy (non-hydrogen) atoms. The van der Waals surface area contributed by atoms with Crippen LogP contribution >= 0.6 is 0 Å². The number of nitrogens with zero attached hydrogens (tertiary/aromatic N) is 4. The number of aromatic amines is 1. The SMILES string of the molecule is C[C@@H]1C[C@H](N(C)C)[C@@H](OCCCNC(=O)CN2CCN(C)CC2)[C@H](CCC2[C@@H](C)C[C@@H](C)C(=O)N[C@@H](Cc3c[nH]c4ccccc34)C(=O)N(C)CCC[C@@]2(C)O)O1. The van der Waals surface area contributed by atoms with Gasteiger partial charge in [0.05, 0.1) is 30.5 Å². The molecule has 1 aromatic heterocycles. The maximum atomic E-state index is 13.9. The van der Waals surface area contributed by atoms with Crippen molar-refractivity contribution in [1.82, 2.24) is 35.2 Å². The Labute approximate surface area is 341 Å². The number of nitrogens with one attached hydrogen (secondary N) is 3. The molecule has 0 radical (unpaired) electrons. The van der Waals surface area contributed by atoms with Gasteiger partial charge in [-0.25, -0.2) is 0 Å². The van der Waals surface area contributed by atoms with Crippen LogP contribution in [0, 0.1) is 17.8 Å². The van der Waals surface area contributed by atoms with E-state index in [0.29, 0.717) is 71.2 Å². The van der Waals surface area contributed by atoms with Crippen molar-refractivity contribution in [2.75, 3.05) is 80.6 Å². The van der Waals surface area contributed by atoms with Crippen LogP contribution in [0.5, 0.6) is 0 Å². The molecule has 1 unspecified atom stereocenters. The number of piperazine rings is 1. The van der Waals surface area contributed by atoms with E-state index in [0.717, 1.165) is 49.1 Å². The molecule has 3 amide bonds. The fourth-order valence-electron chi connectivity index (χ4n) is 9.54. The van der Waals surface area contributed by atoms with Gasteiger partial charge in [0.15, 0.2) is 0 Å². The molecular weight excluding hydrogens is 723 g/mol. The lowest BCUT2D eigenvalue weighted by Crippen LogP contribution is -2.55. The highest BCUT2D eigenvalue weighted by atomic mass is 16.6. The van der Waals surface area contributed by atoms with Gasteiger partial charge in [-0.05, 0) is 103 Å². The Kier molecular flexibility index (Phi) is 16.4. The fraction of sp³-hybridized carbons (Fsp3) is 0.750. The minimum atomic E-state index is -1.02. The first kappa shape index (κ1) is 45.0. The Bertz CT molecular complexity index is 1590. The van der Waals surface area contributed by atoms with Gasteiger partial charge in [-0.3, -0.25) is 19.3 Å².